The quantitative estimate of drug-likeness (QED) is 0.273. The number of hydrogen-bond acceptors (Lipinski definition) is 0. The van der Waals surface area contributed by atoms with Gasteiger partial charge in [-0.2, -0.15) is 0 Å². The molecule has 0 fully saturated rings. The molecular weight excluding hydrogens is 517 g/mol. The van der Waals surface area contributed by atoms with E-state index < -0.39 is 21.1 Å². The molecule has 3 heteroatoms. The molecule has 0 nitrogen and oxygen atoms in total. The first-order valence-corrected chi connectivity index (χ1v) is 7.18. The summed E-state index contributed by atoms with van der Waals surface area (Å²) in [6.07, 6.45) is 0. The minimum absolute atomic E-state index is 0. The van der Waals surface area contributed by atoms with Crippen molar-refractivity contribution in [2.24, 2.45) is 0 Å². The zero-order valence-electron chi connectivity index (χ0n) is 8.03. The molecule has 0 N–H and O–H groups in total. The van der Waals surface area contributed by atoms with Crippen LogP contribution in [-0.2, 0) is 0 Å². The summed E-state index contributed by atoms with van der Waals surface area (Å²) in [6, 6.07) is 21.6. The molecular formula is C12H10I2Sn. The van der Waals surface area contributed by atoms with Crippen LogP contribution in [0.1, 0.15) is 0 Å². The van der Waals surface area contributed by atoms with Crippen LogP contribution in [0.3, 0.4) is 0 Å². The molecule has 0 saturated carbocycles. The fourth-order valence-corrected chi connectivity index (χ4v) is 4.21. The molecule has 0 heterocycles. The van der Waals surface area contributed by atoms with Crippen LogP contribution in [0, 0.1) is 0 Å². The maximum atomic E-state index is 2.24. The van der Waals surface area contributed by atoms with Crippen molar-refractivity contribution >= 4 is 28.3 Å². The van der Waals surface area contributed by atoms with Gasteiger partial charge in [-0.1, -0.05) is 0 Å². The third-order valence-corrected chi connectivity index (χ3v) is 5.39. The zero-order chi connectivity index (χ0) is 8.93. The Morgan fingerprint density at radius 3 is 1.20 bits per heavy atom. The van der Waals surface area contributed by atoms with Gasteiger partial charge in [0.05, 0.1) is 0 Å². The normalized spacial score (nSPS) is 8.00. The van der Waals surface area contributed by atoms with Crippen molar-refractivity contribution in [3.05, 3.63) is 60.7 Å². The van der Waals surface area contributed by atoms with Crippen molar-refractivity contribution in [1.29, 1.82) is 0 Å². The molecule has 2 aromatic rings. The van der Waals surface area contributed by atoms with Crippen LogP contribution >= 0.6 is 0 Å². The van der Waals surface area contributed by atoms with E-state index in [1.807, 2.05) is 0 Å². The Hall–Kier alpha value is 0.699. The van der Waals surface area contributed by atoms with Crippen molar-refractivity contribution in [1.82, 2.24) is 0 Å². The molecule has 0 bridgehead atoms. The van der Waals surface area contributed by atoms with E-state index in [2.05, 4.69) is 60.7 Å². The van der Waals surface area contributed by atoms with Crippen molar-refractivity contribution in [3.63, 3.8) is 0 Å². The zero-order valence-corrected chi connectivity index (χ0v) is 15.2. The molecule has 0 radical (unpaired) electrons. The molecule has 0 saturated heterocycles. The number of rotatable bonds is 2. The molecule has 2 rings (SSSR count). The van der Waals surface area contributed by atoms with E-state index in [4.69, 9.17) is 0 Å². The second-order valence-electron chi connectivity index (χ2n) is 2.86. The summed E-state index contributed by atoms with van der Waals surface area (Å²) in [4.78, 5) is 0. The first kappa shape index (κ1) is 15.7. The molecule has 0 aliphatic rings. The molecule has 0 spiro atoms. The summed E-state index contributed by atoms with van der Waals surface area (Å²) in [6.45, 7) is 0. The molecule has 0 aromatic heterocycles. The monoisotopic (exact) mass is 528 g/mol. The van der Waals surface area contributed by atoms with Gasteiger partial charge in [-0.25, -0.2) is 0 Å². The second kappa shape index (κ2) is 8.81. The second-order valence-corrected chi connectivity index (χ2v) is 6.87. The van der Waals surface area contributed by atoms with Gasteiger partial charge in [-0.3, -0.25) is 0 Å². The van der Waals surface area contributed by atoms with Crippen molar-refractivity contribution < 1.29 is 48.0 Å². The Labute approximate surface area is 135 Å². The van der Waals surface area contributed by atoms with Crippen molar-refractivity contribution in [2.45, 2.75) is 0 Å². The van der Waals surface area contributed by atoms with Gasteiger partial charge in [0.2, 0.25) is 0 Å². The molecule has 0 unspecified atom stereocenters. The standard InChI is InChI=1S/2C6H5.2HI.Sn/c2*1-2-4-6-5-3-1;;;/h2*1-5H;2*1H;/q;;;;+2/p-2. The first-order valence-electron chi connectivity index (χ1n) is 4.32. The van der Waals surface area contributed by atoms with E-state index in [-0.39, 0.29) is 48.0 Å². The Morgan fingerprint density at radius 2 is 0.867 bits per heavy atom. The van der Waals surface area contributed by atoms with Gasteiger partial charge in [-0.05, 0) is 0 Å². The predicted octanol–water partition coefficient (Wildman–Crippen LogP) is -4.65. The van der Waals surface area contributed by atoms with E-state index in [1.54, 1.807) is 0 Å². The third kappa shape index (κ3) is 5.53. The van der Waals surface area contributed by atoms with E-state index in [0.29, 0.717) is 0 Å². The van der Waals surface area contributed by atoms with Gasteiger partial charge in [0.15, 0.2) is 0 Å². The fraction of sp³-hybridized carbons (Fsp3) is 0. The van der Waals surface area contributed by atoms with E-state index in [1.165, 1.54) is 7.16 Å². The SMILES string of the molecule is [I-].[I-].c1cc[c]([Sn+2][c]2ccccc2)cc1. The minimum atomic E-state index is -0.517. The van der Waals surface area contributed by atoms with Crippen molar-refractivity contribution in [2.75, 3.05) is 0 Å². The number of benzene rings is 2. The summed E-state index contributed by atoms with van der Waals surface area (Å²) in [5, 5.41) is 0. The molecule has 0 atom stereocenters. The van der Waals surface area contributed by atoms with Crippen LogP contribution in [0.2, 0.25) is 0 Å². The van der Waals surface area contributed by atoms with E-state index >= 15 is 0 Å². The van der Waals surface area contributed by atoms with Crippen LogP contribution in [0.15, 0.2) is 60.7 Å². The van der Waals surface area contributed by atoms with Gasteiger partial charge >= 0.3 is 89.0 Å². The summed E-state index contributed by atoms with van der Waals surface area (Å²) >= 11 is -0.517. The summed E-state index contributed by atoms with van der Waals surface area (Å²) in [5.74, 6) is 0. The molecule has 0 aliphatic carbocycles. The van der Waals surface area contributed by atoms with Crippen LogP contribution in [0.25, 0.3) is 0 Å². The Kier molecular flexibility index (Phi) is 9.22. The van der Waals surface area contributed by atoms with E-state index in [0.717, 1.165) is 0 Å². The van der Waals surface area contributed by atoms with Gasteiger partial charge in [-0.15, -0.1) is 0 Å². The van der Waals surface area contributed by atoms with Gasteiger partial charge in [0.25, 0.3) is 0 Å². The summed E-state index contributed by atoms with van der Waals surface area (Å²) in [7, 11) is 0. The van der Waals surface area contributed by atoms with Gasteiger partial charge < -0.3 is 48.0 Å². The first-order chi connectivity index (χ1) is 6.45. The third-order valence-electron chi connectivity index (χ3n) is 1.84. The topological polar surface area (TPSA) is 0 Å². The van der Waals surface area contributed by atoms with Crippen molar-refractivity contribution in [3.8, 4) is 0 Å². The fourth-order valence-electron chi connectivity index (χ4n) is 1.21. The Bertz CT molecular complexity index is 324. The molecule has 0 aliphatic heterocycles. The maximum absolute atomic E-state index is 2.24. The molecule has 0 amide bonds. The van der Waals surface area contributed by atoms with Crippen LogP contribution < -0.4 is 55.1 Å². The predicted molar refractivity (Wildman–Crippen MR) is 57.9 cm³/mol. The van der Waals surface area contributed by atoms with Gasteiger partial charge in [0.1, 0.15) is 0 Å². The Balaban J connectivity index is 0.000000980. The number of hydrogen-bond donors (Lipinski definition) is 0. The molecule has 76 valence electrons. The van der Waals surface area contributed by atoms with Crippen LogP contribution in [-0.4, -0.2) is 21.1 Å². The van der Waals surface area contributed by atoms with Gasteiger partial charge in [0, 0.05) is 0 Å². The molecule has 15 heavy (non-hydrogen) atoms. The molecule has 2 aromatic carbocycles. The van der Waals surface area contributed by atoms with E-state index in [9.17, 15) is 0 Å². The average molecular weight is 527 g/mol. The number of halogens is 2. The van der Waals surface area contributed by atoms with Crippen LogP contribution in [0.5, 0.6) is 0 Å². The summed E-state index contributed by atoms with van der Waals surface area (Å²) in [5.41, 5.74) is 0. The van der Waals surface area contributed by atoms with Crippen LogP contribution in [0.4, 0.5) is 0 Å². The average Bonchev–Trinajstić information content (AvgIpc) is 2.21. The Morgan fingerprint density at radius 1 is 0.533 bits per heavy atom. The summed E-state index contributed by atoms with van der Waals surface area (Å²) < 4.78 is 3.08.